The van der Waals surface area contributed by atoms with Gasteiger partial charge in [-0.1, -0.05) is 0 Å². The van der Waals surface area contributed by atoms with Crippen molar-refractivity contribution in [1.82, 2.24) is 15.2 Å². The number of oxazole rings is 1. The summed E-state index contributed by atoms with van der Waals surface area (Å²) in [5.41, 5.74) is 0.486. The molecular formula is C11H15N3O4. The van der Waals surface area contributed by atoms with Crippen LogP contribution in [0, 0.1) is 13.8 Å². The zero-order chi connectivity index (χ0) is 13.3. The summed E-state index contributed by atoms with van der Waals surface area (Å²) < 4.78 is 5.24. The Morgan fingerprint density at radius 1 is 1.50 bits per heavy atom. The van der Waals surface area contributed by atoms with Crippen LogP contribution in [0.2, 0.25) is 0 Å². The Balaban J connectivity index is 2.26. The minimum atomic E-state index is -1.02. The van der Waals surface area contributed by atoms with E-state index in [9.17, 15) is 9.59 Å². The molecule has 1 amide bonds. The van der Waals surface area contributed by atoms with E-state index in [1.807, 2.05) is 0 Å². The summed E-state index contributed by atoms with van der Waals surface area (Å²) >= 11 is 0. The quantitative estimate of drug-likeness (QED) is 0.757. The first-order chi connectivity index (χ1) is 8.50. The fourth-order valence-electron chi connectivity index (χ4n) is 2.03. The van der Waals surface area contributed by atoms with Gasteiger partial charge in [0, 0.05) is 26.6 Å². The number of aliphatic carboxylic acids is 1. The average Bonchev–Trinajstić information content (AvgIpc) is 2.67. The molecule has 0 spiro atoms. The zero-order valence-electron chi connectivity index (χ0n) is 10.3. The number of aromatic nitrogens is 1. The van der Waals surface area contributed by atoms with Crippen LogP contribution in [0.3, 0.4) is 0 Å². The number of amides is 1. The number of rotatable bonds is 2. The molecule has 98 valence electrons. The Labute approximate surface area is 104 Å². The highest BCUT2D eigenvalue weighted by Crippen LogP contribution is 2.15. The molecule has 7 nitrogen and oxygen atoms in total. The zero-order valence-corrected chi connectivity index (χ0v) is 10.3. The number of carbonyl (C=O) groups is 2. The molecule has 1 atom stereocenters. The largest absolute Gasteiger partial charge is 0.480 e. The summed E-state index contributed by atoms with van der Waals surface area (Å²) in [6.45, 7) is 4.47. The number of carbonyl (C=O) groups excluding carboxylic acids is 1. The summed E-state index contributed by atoms with van der Waals surface area (Å²) in [6.07, 6.45) is 0. The number of aryl methyl sites for hydroxylation is 2. The molecule has 1 saturated heterocycles. The molecule has 0 saturated carbocycles. The third kappa shape index (κ3) is 2.21. The highest BCUT2D eigenvalue weighted by Gasteiger charge is 2.34. The van der Waals surface area contributed by atoms with Crippen molar-refractivity contribution in [3.8, 4) is 0 Å². The fourth-order valence-corrected chi connectivity index (χ4v) is 2.03. The van der Waals surface area contributed by atoms with Crippen molar-refractivity contribution in [2.45, 2.75) is 19.9 Å². The van der Waals surface area contributed by atoms with Crippen LogP contribution in [0.25, 0.3) is 0 Å². The van der Waals surface area contributed by atoms with Crippen LogP contribution in [-0.4, -0.2) is 52.5 Å². The van der Waals surface area contributed by atoms with Gasteiger partial charge in [0.2, 0.25) is 5.76 Å². The maximum atomic E-state index is 12.2. The predicted octanol–water partition coefficient (Wildman–Crippen LogP) is -0.210. The highest BCUT2D eigenvalue weighted by molar-refractivity contribution is 5.95. The Morgan fingerprint density at radius 2 is 2.22 bits per heavy atom. The average molecular weight is 253 g/mol. The summed E-state index contributed by atoms with van der Waals surface area (Å²) in [6, 6.07) is -0.865. The van der Waals surface area contributed by atoms with Crippen molar-refractivity contribution in [1.29, 1.82) is 0 Å². The van der Waals surface area contributed by atoms with Gasteiger partial charge in [0.15, 0.2) is 5.89 Å². The molecule has 1 aliphatic heterocycles. The first kappa shape index (κ1) is 12.6. The molecule has 0 aliphatic carbocycles. The smallest absolute Gasteiger partial charge is 0.327 e. The highest BCUT2D eigenvalue weighted by atomic mass is 16.4. The molecule has 1 unspecified atom stereocenters. The van der Waals surface area contributed by atoms with Crippen molar-refractivity contribution in [3.05, 3.63) is 17.3 Å². The standard InChI is InChI=1S/C11H15N3O4/c1-6-9(18-7(2)13-6)10(15)14-4-3-12-5-8(14)11(16)17/h8,12H,3-5H2,1-2H3,(H,16,17). The number of nitrogens with zero attached hydrogens (tertiary/aromatic N) is 2. The monoisotopic (exact) mass is 253 g/mol. The number of piperazine rings is 1. The van der Waals surface area contributed by atoms with Crippen LogP contribution in [0.4, 0.5) is 0 Å². The van der Waals surface area contributed by atoms with E-state index in [1.165, 1.54) is 4.90 Å². The summed E-state index contributed by atoms with van der Waals surface area (Å²) in [5, 5.41) is 12.1. The molecule has 1 aromatic rings. The third-order valence-corrected chi connectivity index (χ3v) is 2.89. The maximum absolute atomic E-state index is 12.2. The second-order valence-corrected chi connectivity index (χ2v) is 4.20. The Morgan fingerprint density at radius 3 is 2.78 bits per heavy atom. The maximum Gasteiger partial charge on any atom is 0.327 e. The first-order valence-electron chi connectivity index (χ1n) is 5.69. The molecular weight excluding hydrogens is 238 g/mol. The normalized spacial score (nSPS) is 19.9. The summed E-state index contributed by atoms with van der Waals surface area (Å²) in [7, 11) is 0. The van der Waals surface area contributed by atoms with Crippen LogP contribution >= 0.6 is 0 Å². The van der Waals surface area contributed by atoms with Crippen LogP contribution in [0.5, 0.6) is 0 Å². The first-order valence-corrected chi connectivity index (χ1v) is 5.69. The lowest BCUT2D eigenvalue weighted by Gasteiger charge is -2.32. The number of carboxylic acid groups (broad SMARTS) is 1. The Bertz CT molecular complexity index is 483. The van der Waals surface area contributed by atoms with Gasteiger partial charge in [-0.2, -0.15) is 0 Å². The van der Waals surface area contributed by atoms with Gasteiger partial charge >= 0.3 is 5.97 Å². The lowest BCUT2D eigenvalue weighted by atomic mass is 10.1. The van der Waals surface area contributed by atoms with Gasteiger partial charge in [0.05, 0.1) is 5.69 Å². The van der Waals surface area contributed by atoms with Gasteiger partial charge in [0.1, 0.15) is 6.04 Å². The molecule has 1 aliphatic rings. The molecule has 7 heteroatoms. The van der Waals surface area contributed by atoms with E-state index in [0.29, 0.717) is 24.7 Å². The van der Waals surface area contributed by atoms with Crippen molar-refractivity contribution >= 4 is 11.9 Å². The minimum Gasteiger partial charge on any atom is -0.480 e. The molecule has 2 rings (SSSR count). The summed E-state index contributed by atoms with van der Waals surface area (Å²) in [5.74, 6) is -0.912. The van der Waals surface area contributed by atoms with Gasteiger partial charge in [0.25, 0.3) is 5.91 Å². The third-order valence-electron chi connectivity index (χ3n) is 2.89. The van der Waals surface area contributed by atoms with E-state index in [1.54, 1.807) is 13.8 Å². The molecule has 1 aromatic heterocycles. The van der Waals surface area contributed by atoms with E-state index in [0.717, 1.165) is 0 Å². The molecule has 0 radical (unpaired) electrons. The van der Waals surface area contributed by atoms with E-state index in [2.05, 4.69) is 10.3 Å². The van der Waals surface area contributed by atoms with E-state index in [4.69, 9.17) is 9.52 Å². The summed E-state index contributed by atoms with van der Waals surface area (Å²) in [4.78, 5) is 28.7. The van der Waals surface area contributed by atoms with E-state index >= 15 is 0 Å². The van der Waals surface area contributed by atoms with Crippen LogP contribution in [0.15, 0.2) is 4.42 Å². The number of nitrogens with one attached hydrogen (secondary N) is 1. The second kappa shape index (κ2) is 4.77. The molecule has 0 aromatic carbocycles. The number of carboxylic acids is 1. The molecule has 1 fully saturated rings. The predicted molar refractivity (Wildman–Crippen MR) is 61.3 cm³/mol. The van der Waals surface area contributed by atoms with E-state index < -0.39 is 17.9 Å². The molecule has 0 bridgehead atoms. The van der Waals surface area contributed by atoms with Crippen molar-refractivity contribution in [2.75, 3.05) is 19.6 Å². The van der Waals surface area contributed by atoms with Crippen LogP contribution in [-0.2, 0) is 4.79 Å². The topological polar surface area (TPSA) is 95.7 Å². The lowest BCUT2D eigenvalue weighted by molar-refractivity contribution is -0.142. The van der Waals surface area contributed by atoms with Crippen LogP contribution < -0.4 is 5.32 Å². The van der Waals surface area contributed by atoms with Crippen molar-refractivity contribution in [2.24, 2.45) is 0 Å². The van der Waals surface area contributed by atoms with Gasteiger partial charge in [-0.05, 0) is 6.92 Å². The minimum absolute atomic E-state index is 0.126. The van der Waals surface area contributed by atoms with E-state index in [-0.39, 0.29) is 12.3 Å². The molecule has 2 heterocycles. The molecule has 18 heavy (non-hydrogen) atoms. The molecule has 2 N–H and O–H groups in total. The van der Waals surface area contributed by atoms with Gasteiger partial charge in [-0.25, -0.2) is 9.78 Å². The lowest BCUT2D eigenvalue weighted by Crippen LogP contribution is -2.57. The van der Waals surface area contributed by atoms with Crippen molar-refractivity contribution in [3.63, 3.8) is 0 Å². The van der Waals surface area contributed by atoms with Crippen LogP contribution in [0.1, 0.15) is 22.1 Å². The Hall–Kier alpha value is -1.89. The van der Waals surface area contributed by atoms with Gasteiger partial charge in [-0.15, -0.1) is 0 Å². The second-order valence-electron chi connectivity index (χ2n) is 4.20. The van der Waals surface area contributed by atoms with Gasteiger partial charge < -0.3 is 19.7 Å². The Kier molecular flexibility index (Phi) is 3.33. The number of hydrogen-bond donors (Lipinski definition) is 2. The fraction of sp³-hybridized carbons (Fsp3) is 0.545. The SMILES string of the molecule is Cc1nc(C)c(C(=O)N2CCNCC2C(=O)O)o1. The van der Waals surface area contributed by atoms with Crippen molar-refractivity contribution < 1.29 is 19.1 Å². The number of hydrogen-bond acceptors (Lipinski definition) is 5. The van der Waals surface area contributed by atoms with Gasteiger partial charge in [-0.3, -0.25) is 4.79 Å².